The summed E-state index contributed by atoms with van der Waals surface area (Å²) in [6.45, 7) is 0.917. The first-order chi connectivity index (χ1) is 15.7. The minimum atomic E-state index is 0.0598. The van der Waals surface area contributed by atoms with Crippen molar-refractivity contribution in [2.75, 3.05) is 25.6 Å². The average molecular weight is 430 g/mol. The van der Waals surface area contributed by atoms with Crippen LogP contribution in [-0.4, -0.2) is 25.4 Å². The summed E-state index contributed by atoms with van der Waals surface area (Å²) in [5.41, 5.74) is 3.30. The van der Waals surface area contributed by atoms with E-state index >= 15 is 0 Å². The zero-order valence-electron chi connectivity index (χ0n) is 18.0. The highest BCUT2D eigenvalue weighted by Crippen LogP contribution is 2.52. The van der Waals surface area contributed by atoms with Crippen LogP contribution in [0.5, 0.6) is 23.0 Å². The molecule has 0 saturated heterocycles. The van der Waals surface area contributed by atoms with Gasteiger partial charge in [-0.05, 0) is 53.8 Å². The molecule has 0 spiro atoms. The van der Waals surface area contributed by atoms with E-state index in [9.17, 15) is 5.11 Å². The normalized spacial score (nSPS) is 20.7. The van der Waals surface area contributed by atoms with Crippen LogP contribution in [0.3, 0.4) is 0 Å². The third-order valence-electron chi connectivity index (χ3n) is 6.27. The van der Waals surface area contributed by atoms with Gasteiger partial charge in [0.2, 0.25) is 0 Å². The van der Waals surface area contributed by atoms with E-state index in [4.69, 9.17) is 14.2 Å². The molecule has 0 radical (unpaired) electrons. The Morgan fingerprint density at radius 1 is 0.938 bits per heavy atom. The first-order valence-electron chi connectivity index (χ1n) is 11.0. The van der Waals surface area contributed by atoms with E-state index < -0.39 is 0 Å². The zero-order chi connectivity index (χ0) is 21.9. The number of anilines is 1. The maximum absolute atomic E-state index is 10.3. The summed E-state index contributed by atoms with van der Waals surface area (Å²) in [5.74, 6) is 2.98. The molecule has 32 heavy (non-hydrogen) atoms. The van der Waals surface area contributed by atoms with Gasteiger partial charge in [0, 0.05) is 5.92 Å². The maximum atomic E-state index is 10.3. The van der Waals surface area contributed by atoms with Gasteiger partial charge in [0.25, 0.3) is 0 Å². The molecule has 5 rings (SSSR count). The quantitative estimate of drug-likeness (QED) is 0.373. The minimum Gasteiger partial charge on any atom is -0.504 e. The van der Waals surface area contributed by atoms with Crippen LogP contribution in [0.25, 0.3) is 0 Å². The van der Waals surface area contributed by atoms with Gasteiger partial charge in [-0.3, -0.25) is 0 Å². The number of benzene rings is 3. The molecule has 0 fully saturated rings. The molecule has 3 atom stereocenters. The number of aromatic hydroxyl groups is 1. The highest BCUT2D eigenvalue weighted by atomic mass is 16.5. The molecule has 3 aromatic rings. The van der Waals surface area contributed by atoms with E-state index in [0.29, 0.717) is 30.8 Å². The second-order valence-electron chi connectivity index (χ2n) is 8.14. The van der Waals surface area contributed by atoms with Gasteiger partial charge >= 0.3 is 0 Å². The smallest absolute Gasteiger partial charge is 0.160 e. The van der Waals surface area contributed by atoms with Crippen molar-refractivity contribution in [2.45, 2.75) is 18.4 Å². The Hall–Kier alpha value is -3.60. The van der Waals surface area contributed by atoms with Gasteiger partial charge in [-0.2, -0.15) is 0 Å². The van der Waals surface area contributed by atoms with Crippen molar-refractivity contribution in [1.29, 1.82) is 0 Å². The van der Waals surface area contributed by atoms with Gasteiger partial charge < -0.3 is 24.6 Å². The van der Waals surface area contributed by atoms with Crippen LogP contribution in [0.15, 0.2) is 78.9 Å². The van der Waals surface area contributed by atoms with Crippen molar-refractivity contribution in [2.24, 2.45) is 5.92 Å². The predicted molar refractivity (Wildman–Crippen MR) is 125 cm³/mol. The van der Waals surface area contributed by atoms with Crippen LogP contribution in [0.1, 0.15) is 29.5 Å². The summed E-state index contributed by atoms with van der Waals surface area (Å²) in [7, 11) is 1.56. The van der Waals surface area contributed by atoms with Crippen molar-refractivity contribution in [3.8, 4) is 23.0 Å². The molecule has 0 aromatic heterocycles. The van der Waals surface area contributed by atoms with Crippen LogP contribution in [0.2, 0.25) is 0 Å². The minimum absolute atomic E-state index is 0.0598. The van der Waals surface area contributed by atoms with Gasteiger partial charge in [-0.25, -0.2) is 0 Å². The second kappa shape index (κ2) is 8.87. The standard InChI is InChI=1S/C27H27NO4/c1-30-24-14-13-18(17-23(24)29)26-21-10-5-9-20(21)22-11-6-12-25(27(22)28-26)32-16-15-31-19-7-3-2-4-8-19/h2-9,11-14,17,20-21,26,28-29H,10,15-16H2,1H3. The number of phenols is 1. The van der Waals surface area contributed by atoms with Crippen molar-refractivity contribution < 1.29 is 19.3 Å². The fourth-order valence-electron chi connectivity index (χ4n) is 4.77. The fraction of sp³-hybridized carbons (Fsp3) is 0.259. The van der Waals surface area contributed by atoms with E-state index in [0.717, 1.165) is 29.2 Å². The zero-order valence-corrected chi connectivity index (χ0v) is 18.0. The summed E-state index contributed by atoms with van der Waals surface area (Å²) >= 11 is 0. The average Bonchev–Trinajstić information content (AvgIpc) is 3.32. The molecule has 3 unspecified atom stereocenters. The number of para-hydroxylation sites is 2. The maximum Gasteiger partial charge on any atom is 0.160 e. The molecular weight excluding hydrogens is 402 g/mol. The number of nitrogens with one attached hydrogen (secondary N) is 1. The van der Waals surface area contributed by atoms with E-state index in [1.807, 2.05) is 48.5 Å². The van der Waals surface area contributed by atoms with Gasteiger partial charge in [0.15, 0.2) is 11.5 Å². The van der Waals surface area contributed by atoms with Crippen molar-refractivity contribution in [1.82, 2.24) is 0 Å². The molecule has 2 N–H and O–H groups in total. The third kappa shape index (κ3) is 3.86. The number of fused-ring (bicyclic) bond motifs is 3. The summed E-state index contributed by atoms with van der Waals surface area (Å²) in [6.07, 6.45) is 5.54. The van der Waals surface area contributed by atoms with Crippen molar-refractivity contribution in [3.05, 3.63) is 90.0 Å². The summed E-state index contributed by atoms with van der Waals surface area (Å²) in [6, 6.07) is 21.7. The number of phenolic OH excluding ortho intramolecular Hbond substituents is 1. The molecule has 3 aromatic carbocycles. The van der Waals surface area contributed by atoms with Crippen molar-refractivity contribution >= 4 is 5.69 Å². The number of allylic oxidation sites excluding steroid dienone is 2. The molecule has 0 amide bonds. The van der Waals surface area contributed by atoms with Crippen LogP contribution < -0.4 is 19.5 Å². The molecule has 0 bridgehead atoms. The second-order valence-corrected chi connectivity index (χ2v) is 8.14. The molecule has 1 heterocycles. The molecule has 2 aliphatic rings. The molecule has 164 valence electrons. The first kappa shape index (κ1) is 20.3. The van der Waals surface area contributed by atoms with Crippen LogP contribution in [-0.2, 0) is 0 Å². The van der Waals surface area contributed by atoms with Crippen LogP contribution in [0, 0.1) is 5.92 Å². The summed E-state index contributed by atoms with van der Waals surface area (Å²) < 4.78 is 17.1. The van der Waals surface area contributed by atoms with Gasteiger partial charge in [0.05, 0.1) is 18.8 Å². The number of rotatable bonds is 7. The van der Waals surface area contributed by atoms with E-state index in [1.54, 1.807) is 13.2 Å². The monoisotopic (exact) mass is 429 g/mol. The van der Waals surface area contributed by atoms with Crippen molar-refractivity contribution in [3.63, 3.8) is 0 Å². The van der Waals surface area contributed by atoms with Gasteiger partial charge in [-0.15, -0.1) is 0 Å². The van der Waals surface area contributed by atoms with Crippen LogP contribution in [0.4, 0.5) is 5.69 Å². The van der Waals surface area contributed by atoms with E-state index in [1.165, 1.54) is 5.56 Å². The Morgan fingerprint density at radius 2 is 1.78 bits per heavy atom. The highest BCUT2D eigenvalue weighted by Gasteiger charge is 2.39. The Kier molecular flexibility index (Phi) is 5.63. The van der Waals surface area contributed by atoms with Crippen LogP contribution >= 0.6 is 0 Å². The Bertz CT molecular complexity index is 1110. The number of hydrogen-bond donors (Lipinski definition) is 2. The molecular formula is C27H27NO4. The van der Waals surface area contributed by atoms with E-state index in [2.05, 4.69) is 29.6 Å². The molecule has 5 nitrogen and oxygen atoms in total. The lowest BCUT2D eigenvalue weighted by atomic mass is 9.77. The molecule has 1 aliphatic carbocycles. The number of hydrogen-bond acceptors (Lipinski definition) is 5. The molecule has 5 heteroatoms. The highest BCUT2D eigenvalue weighted by molar-refractivity contribution is 5.68. The SMILES string of the molecule is COc1ccc(C2Nc3c(OCCOc4ccccc4)cccc3C3C=CCC32)cc1O. The lowest BCUT2D eigenvalue weighted by Crippen LogP contribution is -2.29. The lowest BCUT2D eigenvalue weighted by Gasteiger charge is -2.38. The fourth-order valence-corrected chi connectivity index (χ4v) is 4.77. The Labute approximate surface area is 188 Å². The number of methoxy groups -OCH3 is 1. The lowest BCUT2D eigenvalue weighted by molar-refractivity contribution is 0.217. The Balaban J connectivity index is 1.37. The summed E-state index contributed by atoms with van der Waals surface area (Å²) in [4.78, 5) is 0. The topological polar surface area (TPSA) is 60.0 Å². The first-order valence-corrected chi connectivity index (χ1v) is 11.0. The summed E-state index contributed by atoms with van der Waals surface area (Å²) in [5, 5.41) is 14.1. The van der Waals surface area contributed by atoms with Gasteiger partial charge in [-0.1, -0.05) is 48.6 Å². The molecule has 1 aliphatic heterocycles. The third-order valence-corrected chi connectivity index (χ3v) is 6.27. The predicted octanol–water partition coefficient (Wildman–Crippen LogP) is 5.69. The number of ether oxygens (including phenoxy) is 3. The Morgan fingerprint density at radius 3 is 2.59 bits per heavy atom. The van der Waals surface area contributed by atoms with E-state index in [-0.39, 0.29) is 11.8 Å². The largest absolute Gasteiger partial charge is 0.504 e. The van der Waals surface area contributed by atoms with Gasteiger partial charge in [0.1, 0.15) is 24.7 Å². The molecule has 0 saturated carbocycles.